The van der Waals surface area contributed by atoms with Crippen LogP contribution in [0.2, 0.25) is 5.02 Å². The second kappa shape index (κ2) is 5.42. The molecule has 0 aliphatic carbocycles. The molecule has 6 heteroatoms. The second-order valence-corrected chi connectivity index (χ2v) is 5.80. The molecule has 0 radical (unpaired) electrons. The van der Waals surface area contributed by atoms with Crippen molar-refractivity contribution in [1.82, 2.24) is 9.66 Å². The lowest BCUT2D eigenvalue weighted by Crippen LogP contribution is -2.13. The number of hydrogen-bond donors (Lipinski definition) is 2. The van der Waals surface area contributed by atoms with Crippen molar-refractivity contribution in [2.75, 3.05) is 11.6 Å². The smallest absolute Gasteiger partial charge is 0.160 e. The molecule has 21 heavy (non-hydrogen) atoms. The zero-order chi connectivity index (χ0) is 15.0. The number of nitrogens with zero attached hydrogens (tertiary/aromatic N) is 2. The Balaban J connectivity index is 2.15. The van der Waals surface area contributed by atoms with Crippen molar-refractivity contribution in [2.45, 2.75) is 0 Å². The van der Waals surface area contributed by atoms with Crippen molar-refractivity contribution >= 4 is 33.3 Å². The van der Waals surface area contributed by atoms with Gasteiger partial charge < -0.3 is 11.6 Å². The number of nitrogens with two attached hydrogens (primary N) is 2. The first-order chi connectivity index (χ1) is 10.1. The summed E-state index contributed by atoms with van der Waals surface area (Å²) in [7, 11) is 0. The average molecular weight is 364 g/mol. The molecule has 0 saturated carbocycles. The van der Waals surface area contributed by atoms with Crippen molar-refractivity contribution in [3.63, 3.8) is 0 Å². The van der Waals surface area contributed by atoms with Gasteiger partial charge in [0.05, 0.1) is 5.02 Å². The average Bonchev–Trinajstić information content (AvgIpc) is 2.79. The highest BCUT2D eigenvalue weighted by atomic mass is 79.9. The van der Waals surface area contributed by atoms with Crippen LogP contribution in [0.1, 0.15) is 0 Å². The maximum absolute atomic E-state index is 6.13. The fourth-order valence-corrected chi connectivity index (χ4v) is 2.52. The number of anilines is 1. The standard InChI is InChI=1S/C15H12BrClN4/c16-11-7-6-10(8-12(11)17)13-14(18)21(19)15(20-13)9-4-2-1-3-5-9/h1-8H,18-19H2. The third-order valence-electron chi connectivity index (χ3n) is 3.17. The van der Waals surface area contributed by atoms with Crippen molar-refractivity contribution in [3.8, 4) is 22.6 Å². The number of hydrogen-bond acceptors (Lipinski definition) is 3. The van der Waals surface area contributed by atoms with Crippen LogP contribution in [0.25, 0.3) is 22.6 Å². The van der Waals surface area contributed by atoms with Gasteiger partial charge in [0.1, 0.15) is 5.69 Å². The van der Waals surface area contributed by atoms with E-state index in [-0.39, 0.29) is 0 Å². The first-order valence-electron chi connectivity index (χ1n) is 6.22. The lowest BCUT2D eigenvalue weighted by molar-refractivity contribution is 1.02. The first kappa shape index (κ1) is 14.0. The Hall–Kier alpha value is -1.98. The van der Waals surface area contributed by atoms with Gasteiger partial charge in [-0.2, -0.15) is 0 Å². The number of nitrogen functional groups attached to an aromatic ring is 2. The summed E-state index contributed by atoms with van der Waals surface area (Å²) in [6.45, 7) is 0. The molecule has 3 aromatic rings. The molecule has 4 nitrogen and oxygen atoms in total. The lowest BCUT2D eigenvalue weighted by Gasteiger charge is -2.03. The Labute approximate surface area is 135 Å². The van der Waals surface area contributed by atoms with Crippen molar-refractivity contribution in [2.24, 2.45) is 0 Å². The van der Waals surface area contributed by atoms with E-state index >= 15 is 0 Å². The van der Waals surface area contributed by atoms with Gasteiger partial charge in [0.25, 0.3) is 0 Å². The molecule has 0 fully saturated rings. The highest BCUT2D eigenvalue weighted by molar-refractivity contribution is 9.10. The fourth-order valence-electron chi connectivity index (χ4n) is 2.09. The van der Waals surface area contributed by atoms with Gasteiger partial charge in [-0.05, 0) is 28.1 Å². The summed E-state index contributed by atoms with van der Waals surface area (Å²) in [5.41, 5.74) is 8.42. The minimum atomic E-state index is 0.396. The van der Waals surface area contributed by atoms with E-state index in [0.29, 0.717) is 22.4 Å². The molecule has 4 N–H and O–H groups in total. The number of benzene rings is 2. The molecule has 106 valence electrons. The molecule has 3 rings (SSSR count). The van der Waals surface area contributed by atoms with E-state index in [0.717, 1.165) is 15.6 Å². The number of halogens is 2. The van der Waals surface area contributed by atoms with Crippen LogP contribution in [0.5, 0.6) is 0 Å². The number of imidazole rings is 1. The van der Waals surface area contributed by atoms with Crippen LogP contribution in [0.15, 0.2) is 53.0 Å². The van der Waals surface area contributed by atoms with E-state index in [2.05, 4.69) is 20.9 Å². The Morgan fingerprint density at radius 1 is 1.05 bits per heavy atom. The second-order valence-electron chi connectivity index (χ2n) is 4.53. The molecule has 0 saturated heterocycles. The molecular weight excluding hydrogens is 352 g/mol. The van der Waals surface area contributed by atoms with Gasteiger partial charge >= 0.3 is 0 Å². The lowest BCUT2D eigenvalue weighted by atomic mass is 10.1. The summed E-state index contributed by atoms with van der Waals surface area (Å²) >= 11 is 9.49. The summed E-state index contributed by atoms with van der Waals surface area (Å²) in [4.78, 5) is 4.56. The largest absolute Gasteiger partial charge is 0.382 e. The van der Waals surface area contributed by atoms with Crippen LogP contribution in [0.4, 0.5) is 5.82 Å². The van der Waals surface area contributed by atoms with Gasteiger partial charge in [0.2, 0.25) is 0 Å². The Bertz CT molecular complexity index is 799. The van der Waals surface area contributed by atoms with E-state index < -0.39 is 0 Å². The maximum Gasteiger partial charge on any atom is 0.160 e. The molecule has 1 heterocycles. The van der Waals surface area contributed by atoms with E-state index in [9.17, 15) is 0 Å². The predicted molar refractivity (Wildman–Crippen MR) is 90.4 cm³/mol. The van der Waals surface area contributed by atoms with Crippen molar-refractivity contribution in [3.05, 3.63) is 58.0 Å². The zero-order valence-electron chi connectivity index (χ0n) is 10.9. The van der Waals surface area contributed by atoms with Gasteiger partial charge in [-0.15, -0.1) is 0 Å². The summed E-state index contributed by atoms with van der Waals surface area (Å²) in [5.74, 6) is 7.04. The molecule has 1 aromatic heterocycles. The van der Waals surface area contributed by atoms with E-state index in [1.807, 2.05) is 42.5 Å². The fraction of sp³-hybridized carbons (Fsp3) is 0. The first-order valence-corrected chi connectivity index (χ1v) is 7.39. The zero-order valence-corrected chi connectivity index (χ0v) is 13.3. The Kier molecular flexibility index (Phi) is 3.61. The van der Waals surface area contributed by atoms with E-state index in [1.165, 1.54) is 4.68 Å². The summed E-state index contributed by atoms with van der Waals surface area (Å²) in [6.07, 6.45) is 0. The van der Waals surface area contributed by atoms with Crippen LogP contribution in [-0.4, -0.2) is 9.66 Å². The SMILES string of the molecule is Nc1c(-c2ccc(Br)c(Cl)c2)nc(-c2ccccc2)n1N. The van der Waals surface area contributed by atoms with Crippen LogP contribution < -0.4 is 11.6 Å². The van der Waals surface area contributed by atoms with Gasteiger partial charge in [-0.25, -0.2) is 9.66 Å². The minimum absolute atomic E-state index is 0.396. The van der Waals surface area contributed by atoms with Crippen LogP contribution in [-0.2, 0) is 0 Å². The summed E-state index contributed by atoms with van der Waals surface area (Å²) in [6, 6.07) is 15.2. The monoisotopic (exact) mass is 362 g/mol. The minimum Gasteiger partial charge on any atom is -0.382 e. The predicted octanol–water partition coefficient (Wildman–Crippen LogP) is 3.93. The van der Waals surface area contributed by atoms with E-state index in [4.69, 9.17) is 23.2 Å². The van der Waals surface area contributed by atoms with Crippen molar-refractivity contribution in [1.29, 1.82) is 0 Å². The Morgan fingerprint density at radius 3 is 2.43 bits per heavy atom. The quantitative estimate of drug-likeness (QED) is 0.678. The third kappa shape index (κ3) is 2.50. The van der Waals surface area contributed by atoms with Gasteiger partial charge in [-0.3, -0.25) is 0 Å². The third-order valence-corrected chi connectivity index (χ3v) is 4.41. The maximum atomic E-state index is 6.13. The summed E-state index contributed by atoms with van der Waals surface area (Å²) < 4.78 is 2.21. The highest BCUT2D eigenvalue weighted by Gasteiger charge is 2.16. The molecule has 0 amide bonds. The summed E-state index contributed by atoms with van der Waals surface area (Å²) in [5, 5.41) is 0.597. The molecular formula is C15H12BrClN4. The van der Waals surface area contributed by atoms with Gasteiger partial charge in [0.15, 0.2) is 11.6 Å². The van der Waals surface area contributed by atoms with Crippen molar-refractivity contribution < 1.29 is 0 Å². The molecule has 0 aliphatic rings. The van der Waals surface area contributed by atoms with Crippen LogP contribution in [0, 0.1) is 0 Å². The molecule has 0 spiro atoms. The van der Waals surface area contributed by atoms with Gasteiger partial charge in [0, 0.05) is 15.6 Å². The molecule has 2 aromatic carbocycles. The Morgan fingerprint density at radius 2 is 1.76 bits per heavy atom. The number of rotatable bonds is 2. The van der Waals surface area contributed by atoms with Gasteiger partial charge in [-0.1, -0.05) is 48.0 Å². The highest BCUT2D eigenvalue weighted by Crippen LogP contribution is 2.33. The van der Waals surface area contributed by atoms with Crippen LogP contribution in [0.3, 0.4) is 0 Å². The normalized spacial score (nSPS) is 10.8. The van der Waals surface area contributed by atoms with E-state index in [1.54, 1.807) is 6.07 Å². The molecule has 0 aliphatic heterocycles. The molecule has 0 unspecified atom stereocenters. The van der Waals surface area contributed by atoms with Crippen LogP contribution >= 0.6 is 27.5 Å². The molecule has 0 atom stereocenters. The molecule has 0 bridgehead atoms. The topological polar surface area (TPSA) is 69.9 Å². The number of aromatic nitrogens is 2.